The number of nitrogens with zero attached hydrogens (tertiary/aromatic N) is 1. The zero-order chi connectivity index (χ0) is 18.6. The van der Waals surface area contributed by atoms with Gasteiger partial charge in [-0.2, -0.15) is 0 Å². The maximum absolute atomic E-state index is 5.73. The molecule has 1 unspecified atom stereocenters. The van der Waals surface area contributed by atoms with Gasteiger partial charge in [-0.1, -0.05) is 29.3 Å². The van der Waals surface area contributed by atoms with Gasteiger partial charge in [-0.05, 0) is 45.6 Å². The number of rotatable bonds is 10. The van der Waals surface area contributed by atoms with E-state index in [1.165, 1.54) is 16.7 Å². The van der Waals surface area contributed by atoms with Crippen LogP contribution in [0, 0.1) is 19.8 Å². The summed E-state index contributed by atoms with van der Waals surface area (Å²) >= 11 is 0. The molecule has 0 bridgehead atoms. The number of nitrogens with one attached hydrogen (secondary N) is 2. The van der Waals surface area contributed by atoms with Crippen LogP contribution in [-0.2, 0) is 15.9 Å². The molecule has 2 N–H and O–H groups in total. The molecular weight excluding hydrogens is 326 g/mol. The molecule has 0 saturated carbocycles. The highest BCUT2D eigenvalue weighted by molar-refractivity contribution is 5.79. The van der Waals surface area contributed by atoms with Gasteiger partial charge in [0, 0.05) is 38.8 Å². The SMILES string of the molecule is CCNC(=NCCCOCC1CCOC1)NCCc1cc(C)cc(C)c1. The van der Waals surface area contributed by atoms with Crippen molar-refractivity contribution >= 4 is 5.96 Å². The topological polar surface area (TPSA) is 54.9 Å². The zero-order valence-corrected chi connectivity index (χ0v) is 16.6. The van der Waals surface area contributed by atoms with E-state index in [9.17, 15) is 0 Å². The molecule has 1 aromatic carbocycles. The Hall–Kier alpha value is -1.59. The van der Waals surface area contributed by atoms with Crippen molar-refractivity contribution in [2.75, 3.05) is 46.1 Å². The fourth-order valence-electron chi connectivity index (χ4n) is 3.20. The van der Waals surface area contributed by atoms with Gasteiger partial charge in [-0.3, -0.25) is 4.99 Å². The monoisotopic (exact) mass is 361 g/mol. The number of aliphatic imine (C=N–C) groups is 1. The fourth-order valence-corrected chi connectivity index (χ4v) is 3.20. The van der Waals surface area contributed by atoms with Gasteiger partial charge in [0.2, 0.25) is 0 Å². The van der Waals surface area contributed by atoms with E-state index >= 15 is 0 Å². The molecule has 1 saturated heterocycles. The van der Waals surface area contributed by atoms with Crippen LogP contribution in [0.25, 0.3) is 0 Å². The number of ether oxygens (including phenoxy) is 2. The molecule has 1 aliphatic rings. The van der Waals surface area contributed by atoms with Crippen molar-refractivity contribution < 1.29 is 9.47 Å². The Morgan fingerprint density at radius 2 is 2.04 bits per heavy atom. The smallest absolute Gasteiger partial charge is 0.191 e. The molecule has 0 spiro atoms. The van der Waals surface area contributed by atoms with Crippen LogP contribution in [0.15, 0.2) is 23.2 Å². The predicted octanol–water partition coefficient (Wildman–Crippen LogP) is 2.84. The molecule has 0 aromatic heterocycles. The quantitative estimate of drug-likeness (QED) is 0.382. The lowest BCUT2D eigenvalue weighted by Crippen LogP contribution is -2.38. The number of hydrogen-bond acceptors (Lipinski definition) is 3. The van der Waals surface area contributed by atoms with Crippen molar-refractivity contribution in [1.29, 1.82) is 0 Å². The number of benzene rings is 1. The Morgan fingerprint density at radius 3 is 2.73 bits per heavy atom. The Balaban J connectivity index is 1.63. The molecule has 26 heavy (non-hydrogen) atoms. The van der Waals surface area contributed by atoms with E-state index in [0.29, 0.717) is 5.92 Å². The molecule has 0 radical (unpaired) electrons. The molecule has 1 heterocycles. The highest BCUT2D eigenvalue weighted by atomic mass is 16.5. The van der Waals surface area contributed by atoms with Gasteiger partial charge in [-0.25, -0.2) is 0 Å². The lowest BCUT2D eigenvalue weighted by Gasteiger charge is -2.12. The molecule has 5 nitrogen and oxygen atoms in total. The molecule has 146 valence electrons. The second kappa shape index (κ2) is 11.9. The summed E-state index contributed by atoms with van der Waals surface area (Å²) in [4.78, 5) is 4.64. The normalized spacial score (nSPS) is 17.5. The summed E-state index contributed by atoms with van der Waals surface area (Å²) in [5.74, 6) is 1.48. The summed E-state index contributed by atoms with van der Waals surface area (Å²) in [7, 11) is 0. The number of hydrogen-bond donors (Lipinski definition) is 2. The minimum atomic E-state index is 0.586. The van der Waals surface area contributed by atoms with Crippen molar-refractivity contribution in [2.45, 2.75) is 40.0 Å². The highest BCUT2D eigenvalue weighted by Crippen LogP contribution is 2.12. The standard InChI is InChI=1S/C21H35N3O2/c1-4-22-21(23-8-5-10-25-15-20-7-11-26-16-20)24-9-6-19-13-17(2)12-18(3)14-19/h12-14,20H,4-11,15-16H2,1-3H3,(H2,22,23,24). The summed E-state index contributed by atoms with van der Waals surface area (Å²) in [6, 6.07) is 6.72. The van der Waals surface area contributed by atoms with Crippen LogP contribution in [-0.4, -0.2) is 52.0 Å². The molecule has 2 rings (SSSR count). The van der Waals surface area contributed by atoms with Gasteiger partial charge in [0.1, 0.15) is 0 Å². The second-order valence-corrected chi connectivity index (χ2v) is 7.09. The summed E-state index contributed by atoms with van der Waals surface area (Å²) in [5, 5.41) is 6.73. The number of aryl methyl sites for hydroxylation is 2. The molecule has 1 fully saturated rings. The largest absolute Gasteiger partial charge is 0.381 e. The van der Waals surface area contributed by atoms with E-state index in [1.54, 1.807) is 0 Å². The molecular formula is C21H35N3O2. The van der Waals surface area contributed by atoms with Gasteiger partial charge in [0.15, 0.2) is 5.96 Å². The molecule has 0 amide bonds. The third-order valence-electron chi connectivity index (χ3n) is 4.43. The first-order valence-corrected chi connectivity index (χ1v) is 9.92. The van der Waals surface area contributed by atoms with Gasteiger partial charge >= 0.3 is 0 Å². The first-order valence-electron chi connectivity index (χ1n) is 9.92. The van der Waals surface area contributed by atoms with Crippen molar-refractivity contribution in [2.24, 2.45) is 10.9 Å². The highest BCUT2D eigenvalue weighted by Gasteiger charge is 2.15. The van der Waals surface area contributed by atoms with Crippen LogP contribution in [0.4, 0.5) is 0 Å². The van der Waals surface area contributed by atoms with Gasteiger partial charge in [-0.15, -0.1) is 0 Å². The minimum Gasteiger partial charge on any atom is -0.381 e. The molecule has 5 heteroatoms. The van der Waals surface area contributed by atoms with Crippen LogP contribution in [0.1, 0.15) is 36.5 Å². The van der Waals surface area contributed by atoms with Crippen LogP contribution in [0.5, 0.6) is 0 Å². The van der Waals surface area contributed by atoms with Gasteiger partial charge in [0.05, 0.1) is 13.2 Å². The maximum atomic E-state index is 5.73. The average Bonchev–Trinajstić information content (AvgIpc) is 3.10. The first kappa shape index (κ1) is 20.7. The lowest BCUT2D eigenvalue weighted by atomic mass is 10.1. The van der Waals surface area contributed by atoms with E-state index in [1.807, 2.05) is 0 Å². The molecule has 0 aliphatic carbocycles. The maximum Gasteiger partial charge on any atom is 0.191 e. The van der Waals surface area contributed by atoms with E-state index in [2.05, 4.69) is 54.6 Å². The summed E-state index contributed by atoms with van der Waals surface area (Å²) < 4.78 is 11.1. The van der Waals surface area contributed by atoms with Crippen LogP contribution < -0.4 is 10.6 Å². The number of guanidine groups is 1. The van der Waals surface area contributed by atoms with Crippen LogP contribution in [0.2, 0.25) is 0 Å². The summed E-state index contributed by atoms with van der Waals surface area (Å²) in [5.41, 5.74) is 4.02. The summed E-state index contributed by atoms with van der Waals surface area (Å²) in [6.45, 7) is 12.2. The van der Waals surface area contributed by atoms with Crippen LogP contribution >= 0.6 is 0 Å². The van der Waals surface area contributed by atoms with E-state index in [0.717, 1.165) is 71.3 Å². The summed E-state index contributed by atoms with van der Waals surface area (Å²) in [6.07, 6.45) is 3.08. The molecule has 1 atom stereocenters. The van der Waals surface area contributed by atoms with E-state index < -0.39 is 0 Å². The van der Waals surface area contributed by atoms with Gasteiger partial charge in [0.25, 0.3) is 0 Å². The predicted molar refractivity (Wildman–Crippen MR) is 108 cm³/mol. The van der Waals surface area contributed by atoms with Gasteiger partial charge < -0.3 is 20.1 Å². The first-order chi connectivity index (χ1) is 12.7. The molecule has 1 aliphatic heterocycles. The van der Waals surface area contributed by atoms with Crippen molar-refractivity contribution in [1.82, 2.24) is 10.6 Å². The van der Waals surface area contributed by atoms with E-state index in [4.69, 9.17) is 9.47 Å². The Labute approximate surface area is 158 Å². The zero-order valence-electron chi connectivity index (χ0n) is 16.6. The Morgan fingerprint density at radius 1 is 1.23 bits per heavy atom. The Bertz CT molecular complexity index is 534. The minimum absolute atomic E-state index is 0.586. The van der Waals surface area contributed by atoms with Crippen molar-refractivity contribution in [3.8, 4) is 0 Å². The third kappa shape index (κ3) is 8.19. The second-order valence-electron chi connectivity index (χ2n) is 7.09. The third-order valence-corrected chi connectivity index (χ3v) is 4.43. The average molecular weight is 362 g/mol. The lowest BCUT2D eigenvalue weighted by molar-refractivity contribution is 0.0893. The Kier molecular flexibility index (Phi) is 9.50. The van der Waals surface area contributed by atoms with Crippen LogP contribution in [0.3, 0.4) is 0 Å². The fraction of sp³-hybridized carbons (Fsp3) is 0.667. The van der Waals surface area contributed by atoms with Crippen molar-refractivity contribution in [3.63, 3.8) is 0 Å². The van der Waals surface area contributed by atoms with E-state index in [-0.39, 0.29) is 0 Å². The molecule has 1 aromatic rings. The van der Waals surface area contributed by atoms with Crippen molar-refractivity contribution in [3.05, 3.63) is 34.9 Å².